The molecular formula is C16H14F3NO4S. The van der Waals surface area contributed by atoms with Crippen molar-refractivity contribution in [3.8, 4) is 5.75 Å². The Hall–Kier alpha value is -2.55. The van der Waals surface area contributed by atoms with E-state index in [2.05, 4.69) is 0 Å². The zero-order valence-corrected chi connectivity index (χ0v) is 14.0. The zero-order chi connectivity index (χ0) is 19.0. The summed E-state index contributed by atoms with van der Waals surface area (Å²) in [5.41, 5.74) is 3.37. The lowest BCUT2D eigenvalue weighted by atomic mass is 9.99. The fourth-order valence-corrected chi connectivity index (χ4v) is 3.27. The largest absolute Gasteiger partial charge is 0.494 e. The number of hydrogen-bond donors (Lipinski definition) is 1. The minimum absolute atomic E-state index is 0.149. The fraction of sp³-hybridized carbons (Fsp3) is 0.188. The number of rotatable bonds is 4. The van der Waals surface area contributed by atoms with Gasteiger partial charge in [-0.25, -0.2) is 8.42 Å². The molecule has 0 bridgehead atoms. The Bertz CT molecular complexity index is 923. The standard InChI is InChI=1S/C16H14F3NO4S/c1-24-15-12(16(17,18)19)11(25(2,22)23)8-10(13(15)20)14(21)9-6-4-3-5-7-9/h3-8H,20H2,1-2H3. The summed E-state index contributed by atoms with van der Waals surface area (Å²) in [5, 5.41) is 0. The number of alkyl halides is 3. The van der Waals surface area contributed by atoms with Crippen molar-refractivity contribution >= 4 is 21.3 Å². The highest BCUT2D eigenvalue weighted by atomic mass is 32.2. The number of carbonyl (C=O) groups excluding carboxylic acids is 1. The number of anilines is 1. The highest BCUT2D eigenvalue weighted by Gasteiger charge is 2.42. The summed E-state index contributed by atoms with van der Waals surface area (Å²) in [7, 11) is -3.39. The van der Waals surface area contributed by atoms with Crippen LogP contribution in [0.15, 0.2) is 41.3 Å². The van der Waals surface area contributed by atoms with E-state index in [0.717, 1.165) is 7.11 Å². The van der Waals surface area contributed by atoms with Crippen molar-refractivity contribution in [3.05, 3.63) is 53.1 Å². The molecule has 0 aromatic heterocycles. The van der Waals surface area contributed by atoms with Gasteiger partial charge in [-0.15, -0.1) is 0 Å². The normalized spacial score (nSPS) is 12.0. The summed E-state index contributed by atoms with van der Waals surface area (Å²) in [4.78, 5) is 11.5. The number of ether oxygens (including phenoxy) is 1. The molecule has 0 spiro atoms. The average molecular weight is 373 g/mol. The lowest BCUT2D eigenvalue weighted by Crippen LogP contribution is -2.18. The smallest absolute Gasteiger partial charge is 0.421 e. The van der Waals surface area contributed by atoms with Crippen molar-refractivity contribution in [2.75, 3.05) is 19.1 Å². The second-order valence-corrected chi connectivity index (χ2v) is 7.19. The lowest BCUT2D eigenvalue weighted by molar-refractivity contribution is -0.141. The maximum absolute atomic E-state index is 13.4. The van der Waals surface area contributed by atoms with Crippen LogP contribution in [-0.2, 0) is 16.0 Å². The maximum Gasteiger partial charge on any atom is 0.421 e. The number of ketones is 1. The van der Waals surface area contributed by atoms with E-state index >= 15 is 0 Å². The monoisotopic (exact) mass is 373 g/mol. The van der Waals surface area contributed by atoms with E-state index in [1.54, 1.807) is 18.2 Å². The van der Waals surface area contributed by atoms with Gasteiger partial charge in [-0.3, -0.25) is 4.79 Å². The summed E-state index contributed by atoms with van der Waals surface area (Å²) in [6, 6.07) is 8.28. The molecule has 0 saturated heterocycles. The van der Waals surface area contributed by atoms with E-state index in [9.17, 15) is 26.4 Å². The summed E-state index contributed by atoms with van der Waals surface area (Å²) < 4.78 is 68.6. The molecule has 0 saturated carbocycles. The van der Waals surface area contributed by atoms with Gasteiger partial charge in [0.25, 0.3) is 0 Å². The molecule has 0 aliphatic carbocycles. The van der Waals surface area contributed by atoms with E-state index in [4.69, 9.17) is 10.5 Å². The number of halogens is 3. The van der Waals surface area contributed by atoms with Gasteiger partial charge in [0.1, 0.15) is 5.56 Å². The first-order valence-electron chi connectivity index (χ1n) is 6.86. The molecule has 134 valence electrons. The minimum atomic E-state index is -5.04. The summed E-state index contributed by atoms with van der Waals surface area (Å²) in [5.74, 6) is -1.61. The van der Waals surface area contributed by atoms with Crippen LogP contribution < -0.4 is 10.5 Å². The van der Waals surface area contributed by atoms with Crippen LogP contribution in [-0.4, -0.2) is 27.6 Å². The molecule has 0 unspecified atom stereocenters. The number of hydrogen-bond acceptors (Lipinski definition) is 5. The van der Waals surface area contributed by atoms with Crippen LogP contribution in [0.2, 0.25) is 0 Å². The molecule has 0 amide bonds. The SMILES string of the molecule is COc1c(N)c(C(=O)c2ccccc2)cc(S(C)(=O)=O)c1C(F)(F)F. The molecule has 5 nitrogen and oxygen atoms in total. The Morgan fingerprint density at radius 1 is 1.16 bits per heavy atom. The van der Waals surface area contributed by atoms with Gasteiger partial charge in [0.15, 0.2) is 21.4 Å². The van der Waals surface area contributed by atoms with Crippen molar-refractivity contribution < 1.29 is 31.1 Å². The van der Waals surface area contributed by atoms with Crippen molar-refractivity contribution in [3.63, 3.8) is 0 Å². The van der Waals surface area contributed by atoms with Crippen LogP contribution in [0.5, 0.6) is 5.75 Å². The van der Waals surface area contributed by atoms with Crippen LogP contribution in [0.4, 0.5) is 18.9 Å². The highest BCUT2D eigenvalue weighted by Crippen LogP contribution is 2.45. The molecule has 25 heavy (non-hydrogen) atoms. The van der Waals surface area contributed by atoms with Crippen LogP contribution in [0, 0.1) is 0 Å². The predicted octanol–water partition coefficient (Wildman–Crippen LogP) is 2.93. The molecular weight excluding hydrogens is 359 g/mol. The van der Waals surface area contributed by atoms with Gasteiger partial charge >= 0.3 is 6.18 Å². The van der Waals surface area contributed by atoms with Crippen LogP contribution in [0.3, 0.4) is 0 Å². The van der Waals surface area contributed by atoms with Gasteiger partial charge in [-0.05, 0) is 6.07 Å². The van der Waals surface area contributed by atoms with Gasteiger partial charge in [0, 0.05) is 11.8 Å². The Balaban J connectivity index is 2.87. The lowest BCUT2D eigenvalue weighted by Gasteiger charge is -2.19. The molecule has 2 aromatic carbocycles. The topological polar surface area (TPSA) is 86.5 Å². The van der Waals surface area contributed by atoms with Crippen molar-refractivity contribution in [2.45, 2.75) is 11.1 Å². The molecule has 2 N–H and O–H groups in total. The second kappa shape index (κ2) is 6.40. The molecule has 0 atom stereocenters. The Morgan fingerprint density at radius 3 is 2.16 bits per heavy atom. The zero-order valence-electron chi connectivity index (χ0n) is 13.2. The van der Waals surface area contributed by atoms with E-state index < -0.39 is 43.7 Å². The molecule has 2 aromatic rings. The number of nitrogens with two attached hydrogens (primary N) is 1. The van der Waals surface area contributed by atoms with Crippen LogP contribution in [0.1, 0.15) is 21.5 Å². The van der Waals surface area contributed by atoms with Crippen molar-refractivity contribution in [1.29, 1.82) is 0 Å². The molecule has 0 fully saturated rings. The molecule has 0 radical (unpaired) electrons. The second-order valence-electron chi connectivity index (χ2n) is 5.21. The third-order valence-corrected chi connectivity index (χ3v) is 4.57. The highest BCUT2D eigenvalue weighted by molar-refractivity contribution is 7.90. The number of benzene rings is 2. The third-order valence-electron chi connectivity index (χ3n) is 3.45. The number of methoxy groups -OCH3 is 1. The van der Waals surface area contributed by atoms with Gasteiger partial charge in [0.05, 0.1) is 23.3 Å². The van der Waals surface area contributed by atoms with E-state index in [1.807, 2.05) is 0 Å². The quantitative estimate of drug-likeness (QED) is 0.658. The summed E-state index contributed by atoms with van der Waals surface area (Å²) in [6.45, 7) is 0. The van der Waals surface area contributed by atoms with Crippen molar-refractivity contribution in [2.24, 2.45) is 0 Å². The molecule has 0 aliphatic rings. The van der Waals surface area contributed by atoms with Crippen molar-refractivity contribution in [1.82, 2.24) is 0 Å². The number of sulfone groups is 1. The molecule has 0 aliphatic heterocycles. The van der Waals surface area contributed by atoms with Gasteiger partial charge in [-0.1, -0.05) is 30.3 Å². The number of carbonyl (C=O) groups is 1. The first kappa shape index (κ1) is 18.8. The van der Waals surface area contributed by atoms with E-state index in [0.29, 0.717) is 12.3 Å². The predicted molar refractivity (Wildman–Crippen MR) is 85.4 cm³/mol. The van der Waals surface area contributed by atoms with Gasteiger partial charge < -0.3 is 10.5 Å². The minimum Gasteiger partial charge on any atom is -0.494 e. The number of nitrogen functional groups attached to an aromatic ring is 1. The molecule has 0 heterocycles. The summed E-state index contributed by atoms with van der Waals surface area (Å²) in [6.07, 6.45) is -4.42. The molecule has 9 heteroatoms. The average Bonchev–Trinajstić information content (AvgIpc) is 2.52. The Kier molecular flexibility index (Phi) is 4.81. The first-order valence-corrected chi connectivity index (χ1v) is 8.75. The Morgan fingerprint density at radius 2 is 1.72 bits per heavy atom. The van der Waals surface area contributed by atoms with E-state index in [-0.39, 0.29) is 11.1 Å². The Labute approximate surface area is 142 Å². The molecule has 2 rings (SSSR count). The first-order chi connectivity index (χ1) is 11.5. The maximum atomic E-state index is 13.4. The third kappa shape index (κ3) is 3.60. The summed E-state index contributed by atoms with van der Waals surface area (Å²) >= 11 is 0. The van der Waals surface area contributed by atoms with E-state index in [1.165, 1.54) is 12.1 Å². The van der Waals surface area contributed by atoms with Crippen LogP contribution in [0.25, 0.3) is 0 Å². The van der Waals surface area contributed by atoms with Crippen LogP contribution >= 0.6 is 0 Å². The fourth-order valence-electron chi connectivity index (χ4n) is 2.36. The van der Waals surface area contributed by atoms with Gasteiger partial charge in [-0.2, -0.15) is 13.2 Å². The van der Waals surface area contributed by atoms with Gasteiger partial charge in [0.2, 0.25) is 0 Å².